The molecule has 14 aromatic rings. The minimum Gasteiger partial charge on any atom is -0.456 e. The monoisotopic (exact) mass is 1190 g/mol. The average molecular weight is 1200 g/mol. The number of nitrogens with zero attached hydrogens (tertiary/aromatic N) is 4. The maximum absolute atomic E-state index is 6.68. The lowest BCUT2D eigenvalue weighted by molar-refractivity contribution is 0.589. The molecule has 0 bridgehead atoms. The van der Waals surface area contributed by atoms with Crippen LogP contribution in [0.1, 0.15) is 91.6 Å². The maximum Gasteiger partial charge on any atom is 0.252 e. The molecule has 0 atom stereocenters. The highest BCUT2D eigenvalue weighted by molar-refractivity contribution is 7.00. The Bertz CT molecular complexity index is 5240. The summed E-state index contributed by atoms with van der Waals surface area (Å²) >= 11 is 0. The molecular formula is C85H75BN4O2. The van der Waals surface area contributed by atoms with E-state index in [4.69, 9.17) is 8.83 Å². The van der Waals surface area contributed by atoms with Crippen LogP contribution in [0.15, 0.2) is 227 Å². The van der Waals surface area contributed by atoms with Gasteiger partial charge in [-0.05, 0) is 235 Å². The molecule has 11 aromatic carbocycles. The number of anilines is 9. The van der Waals surface area contributed by atoms with Crippen LogP contribution >= 0.6 is 0 Å². The molecule has 0 saturated heterocycles. The van der Waals surface area contributed by atoms with Crippen LogP contribution in [0.3, 0.4) is 0 Å². The summed E-state index contributed by atoms with van der Waals surface area (Å²) in [5.74, 6) is 1.77. The van der Waals surface area contributed by atoms with Crippen molar-refractivity contribution in [3.05, 3.63) is 268 Å². The first-order chi connectivity index (χ1) is 44.2. The van der Waals surface area contributed by atoms with E-state index in [0.29, 0.717) is 0 Å². The topological polar surface area (TPSA) is 40.9 Å². The first kappa shape index (κ1) is 57.0. The van der Waals surface area contributed by atoms with Crippen LogP contribution in [0, 0.1) is 48.5 Å². The second-order valence-electron chi connectivity index (χ2n) is 28.2. The number of para-hydroxylation sites is 4. The average Bonchev–Trinajstić information content (AvgIpc) is 0.807. The van der Waals surface area contributed by atoms with Gasteiger partial charge >= 0.3 is 0 Å². The second kappa shape index (κ2) is 20.9. The Kier molecular flexibility index (Phi) is 12.9. The Morgan fingerprint density at radius 3 is 1.46 bits per heavy atom. The van der Waals surface area contributed by atoms with Crippen molar-refractivity contribution in [2.24, 2.45) is 0 Å². The van der Waals surface area contributed by atoms with Crippen molar-refractivity contribution in [2.45, 2.75) is 101 Å². The molecule has 7 heteroatoms. The maximum atomic E-state index is 6.68. The number of benzene rings is 11. The third-order valence-corrected chi connectivity index (χ3v) is 19.7. The smallest absolute Gasteiger partial charge is 0.252 e. The molecular weight excluding hydrogens is 1120 g/mol. The fourth-order valence-corrected chi connectivity index (χ4v) is 15.5. The molecule has 0 fully saturated rings. The summed E-state index contributed by atoms with van der Waals surface area (Å²) in [6.07, 6.45) is 0. The van der Waals surface area contributed by atoms with Gasteiger partial charge in [0.2, 0.25) is 0 Å². The summed E-state index contributed by atoms with van der Waals surface area (Å²) in [5.41, 5.74) is 32.2. The van der Waals surface area contributed by atoms with Crippen LogP contribution in [0.25, 0.3) is 72.1 Å². The van der Waals surface area contributed by atoms with Gasteiger partial charge in [-0.2, -0.15) is 0 Å². The Balaban J connectivity index is 0.965. The van der Waals surface area contributed by atoms with Crippen molar-refractivity contribution in [2.75, 3.05) is 14.7 Å². The van der Waals surface area contributed by atoms with E-state index >= 15 is 0 Å². The molecule has 92 heavy (non-hydrogen) atoms. The Morgan fingerprint density at radius 2 is 0.880 bits per heavy atom. The Morgan fingerprint density at radius 1 is 0.370 bits per heavy atom. The summed E-state index contributed by atoms with van der Waals surface area (Å²) in [7, 11) is 0. The van der Waals surface area contributed by atoms with Crippen LogP contribution in [0.4, 0.5) is 51.2 Å². The van der Waals surface area contributed by atoms with E-state index < -0.39 is 0 Å². The first-order valence-electron chi connectivity index (χ1n) is 32.5. The van der Waals surface area contributed by atoms with E-state index in [0.717, 1.165) is 112 Å². The second-order valence-corrected chi connectivity index (χ2v) is 28.2. The summed E-state index contributed by atoms with van der Waals surface area (Å²) in [5, 5.41) is 4.64. The molecule has 450 valence electrons. The van der Waals surface area contributed by atoms with Crippen molar-refractivity contribution >= 4 is 118 Å². The number of aryl methyl sites for hydroxylation is 7. The van der Waals surface area contributed by atoms with Gasteiger partial charge in [0.05, 0.1) is 16.7 Å². The molecule has 16 rings (SSSR count). The highest BCUT2D eigenvalue weighted by Crippen LogP contribution is 2.51. The SMILES string of the molecule is Cc1cc2c3c(c1)N(c1cc(C)c(-c4cc5ccccc5o4)c(C)c1)c1cc(N(c4ccc5c6ccccc6n(-c6ccccc6)c5c4)c4c(C)cc(C(C)(C)C)cc4C)ccc1B3c1cc(C(C)(C)C)ccc1N2c1cc(C)c(-c2cc3ccccc3o2)c(C)c1. The lowest BCUT2D eigenvalue weighted by atomic mass is 9.33. The van der Waals surface area contributed by atoms with E-state index in [1.54, 1.807) is 0 Å². The molecule has 0 aliphatic carbocycles. The largest absolute Gasteiger partial charge is 0.456 e. The highest BCUT2D eigenvalue weighted by Gasteiger charge is 2.45. The van der Waals surface area contributed by atoms with Crippen LogP contribution in [-0.2, 0) is 10.8 Å². The van der Waals surface area contributed by atoms with Crippen molar-refractivity contribution in [1.29, 1.82) is 0 Å². The third kappa shape index (κ3) is 9.06. The molecule has 0 unspecified atom stereocenters. The van der Waals surface area contributed by atoms with Crippen molar-refractivity contribution < 1.29 is 8.83 Å². The number of furan rings is 2. The summed E-state index contributed by atoms with van der Waals surface area (Å²) in [4.78, 5) is 7.71. The van der Waals surface area contributed by atoms with E-state index in [-0.39, 0.29) is 17.5 Å². The van der Waals surface area contributed by atoms with E-state index in [1.807, 2.05) is 12.1 Å². The summed E-state index contributed by atoms with van der Waals surface area (Å²) in [6, 6.07) is 81.8. The molecule has 0 N–H and O–H groups in total. The van der Waals surface area contributed by atoms with Crippen LogP contribution in [-0.4, -0.2) is 11.3 Å². The number of aromatic nitrogens is 1. The summed E-state index contributed by atoms with van der Waals surface area (Å²) < 4.78 is 15.7. The zero-order valence-electron chi connectivity index (χ0n) is 55.0. The number of hydrogen-bond acceptors (Lipinski definition) is 5. The van der Waals surface area contributed by atoms with Gasteiger partial charge in [0.25, 0.3) is 6.71 Å². The number of fused-ring (bicyclic) bond motifs is 9. The molecule has 5 heterocycles. The number of rotatable bonds is 8. The van der Waals surface area contributed by atoms with Gasteiger partial charge in [0, 0.05) is 83.9 Å². The molecule has 2 aliphatic heterocycles. The van der Waals surface area contributed by atoms with Crippen LogP contribution in [0.2, 0.25) is 0 Å². The fourth-order valence-electron chi connectivity index (χ4n) is 15.5. The standard InChI is InChI=1S/C85H75BN4O2/c1-50-37-74-82-75(38-50)90(65-43-53(4)81(54(5)44-65)79-46-58-24-18-22-30-77(58)92-79)73-49-63(87(83-55(6)39-60(40-56(83)7)85(11,12)13)62-32-34-67-66-27-19-20-28-70(66)88(72(67)48-62)61-25-15-14-16-26-61)33-35-68(73)86(82)69-47-59(84(8,9)10)31-36-71(69)89(74)64-41-51(2)80(52(3)42-64)78-45-57-23-17-21-29-76(57)91-78/h14-49H,1-13H3. The quantitative estimate of drug-likeness (QED) is 0.142. The van der Waals surface area contributed by atoms with Crippen molar-refractivity contribution in [3.63, 3.8) is 0 Å². The van der Waals surface area contributed by atoms with Gasteiger partial charge in [0.1, 0.15) is 22.7 Å². The predicted molar refractivity (Wildman–Crippen MR) is 390 cm³/mol. The molecule has 0 saturated carbocycles. The highest BCUT2D eigenvalue weighted by atomic mass is 16.3. The van der Waals surface area contributed by atoms with Crippen LogP contribution < -0.4 is 31.1 Å². The molecule has 0 amide bonds. The predicted octanol–water partition coefficient (Wildman–Crippen LogP) is 21.9. The zero-order chi connectivity index (χ0) is 63.4. The minimum atomic E-state index is -0.121. The minimum absolute atomic E-state index is 0.0450. The van der Waals surface area contributed by atoms with Gasteiger partial charge in [0.15, 0.2) is 0 Å². The lowest BCUT2D eigenvalue weighted by Crippen LogP contribution is -2.61. The van der Waals surface area contributed by atoms with E-state index in [1.165, 1.54) is 77.6 Å². The van der Waals surface area contributed by atoms with Gasteiger partial charge in [-0.15, -0.1) is 0 Å². The Hall–Kier alpha value is -10.2. The first-order valence-corrected chi connectivity index (χ1v) is 32.5. The molecule has 6 nitrogen and oxygen atoms in total. The van der Waals surface area contributed by atoms with E-state index in [9.17, 15) is 0 Å². The Labute approximate surface area is 540 Å². The number of hydrogen-bond donors (Lipinski definition) is 0. The summed E-state index contributed by atoms with van der Waals surface area (Å²) in [6.45, 7) is 29.7. The van der Waals surface area contributed by atoms with Gasteiger partial charge in [-0.1, -0.05) is 151 Å². The zero-order valence-corrected chi connectivity index (χ0v) is 55.0. The molecule has 2 aliphatic rings. The molecule has 0 radical (unpaired) electrons. The lowest BCUT2D eigenvalue weighted by Gasteiger charge is -2.45. The van der Waals surface area contributed by atoms with Crippen LogP contribution in [0.5, 0.6) is 0 Å². The molecule has 0 spiro atoms. The van der Waals surface area contributed by atoms with E-state index in [2.05, 4.69) is 316 Å². The van der Waals surface area contributed by atoms with Crippen molar-refractivity contribution in [3.8, 4) is 28.3 Å². The third-order valence-electron chi connectivity index (χ3n) is 19.7. The molecule has 3 aromatic heterocycles. The fraction of sp³-hybridized carbons (Fsp3) is 0.176. The normalized spacial score (nSPS) is 13.0. The van der Waals surface area contributed by atoms with Crippen molar-refractivity contribution in [1.82, 2.24) is 4.57 Å². The van der Waals surface area contributed by atoms with Gasteiger partial charge in [-0.25, -0.2) is 0 Å². The van der Waals surface area contributed by atoms with Gasteiger partial charge < -0.3 is 28.1 Å². The van der Waals surface area contributed by atoms with Gasteiger partial charge in [-0.3, -0.25) is 0 Å².